The molecule has 0 aliphatic carbocycles. The standard InChI is InChI=1S/C11H13F3N6/c12-11(13,14)8-5-7(16-17-8)6-15-10-19-18-9-3-1-2-4-20(9)10/h5H,1-4,6H2,(H,15,19)(H,16,17). The fraction of sp³-hybridized carbons (Fsp3) is 0.545. The summed E-state index contributed by atoms with van der Waals surface area (Å²) in [6.07, 6.45) is -1.39. The highest BCUT2D eigenvalue weighted by Crippen LogP contribution is 2.27. The van der Waals surface area contributed by atoms with Gasteiger partial charge in [0, 0.05) is 13.0 Å². The summed E-state index contributed by atoms with van der Waals surface area (Å²) in [7, 11) is 0. The third-order valence-corrected chi connectivity index (χ3v) is 3.22. The van der Waals surface area contributed by atoms with Crippen LogP contribution in [0.3, 0.4) is 0 Å². The Morgan fingerprint density at radius 1 is 1.30 bits per heavy atom. The molecular weight excluding hydrogens is 273 g/mol. The quantitative estimate of drug-likeness (QED) is 0.905. The largest absolute Gasteiger partial charge is 0.435 e. The molecule has 2 N–H and O–H groups in total. The Bertz CT molecular complexity index is 600. The first kappa shape index (κ1) is 12.9. The summed E-state index contributed by atoms with van der Waals surface area (Å²) in [5.74, 6) is 1.50. The number of aromatic nitrogens is 5. The van der Waals surface area contributed by atoms with E-state index in [2.05, 4.69) is 25.7 Å². The number of aryl methyl sites for hydroxylation is 1. The Morgan fingerprint density at radius 2 is 2.15 bits per heavy atom. The van der Waals surface area contributed by atoms with Gasteiger partial charge in [0.25, 0.3) is 0 Å². The first-order valence-electron chi connectivity index (χ1n) is 6.31. The predicted molar refractivity (Wildman–Crippen MR) is 63.9 cm³/mol. The summed E-state index contributed by atoms with van der Waals surface area (Å²) in [5.41, 5.74) is -0.567. The lowest BCUT2D eigenvalue weighted by atomic mass is 10.2. The zero-order valence-corrected chi connectivity index (χ0v) is 10.5. The maximum atomic E-state index is 12.4. The van der Waals surface area contributed by atoms with Gasteiger partial charge in [-0.15, -0.1) is 10.2 Å². The molecule has 108 valence electrons. The normalized spacial score (nSPS) is 15.2. The smallest absolute Gasteiger partial charge is 0.349 e. The van der Waals surface area contributed by atoms with Crippen LogP contribution in [0.5, 0.6) is 0 Å². The van der Waals surface area contributed by atoms with E-state index in [0.717, 1.165) is 37.7 Å². The highest BCUT2D eigenvalue weighted by Gasteiger charge is 2.33. The first-order chi connectivity index (χ1) is 9.54. The highest BCUT2D eigenvalue weighted by molar-refractivity contribution is 5.28. The molecule has 2 aromatic heterocycles. The van der Waals surface area contributed by atoms with Crippen molar-refractivity contribution in [2.45, 2.75) is 38.5 Å². The summed E-state index contributed by atoms with van der Waals surface area (Å²) >= 11 is 0. The number of aromatic amines is 1. The van der Waals surface area contributed by atoms with E-state index in [1.165, 1.54) is 0 Å². The van der Waals surface area contributed by atoms with Crippen LogP contribution < -0.4 is 5.32 Å². The van der Waals surface area contributed by atoms with Gasteiger partial charge in [-0.05, 0) is 18.9 Å². The van der Waals surface area contributed by atoms with E-state index in [1.54, 1.807) is 0 Å². The van der Waals surface area contributed by atoms with E-state index in [4.69, 9.17) is 0 Å². The minimum Gasteiger partial charge on any atom is -0.349 e. The number of rotatable bonds is 3. The van der Waals surface area contributed by atoms with Crippen molar-refractivity contribution in [3.05, 3.63) is 23.3 Å². The minimum absolute atomic E-state index is 0.196. The molecular formula is C11H13F3N6. The van der Waals surface area contributed by atoms with Crippen molar-refractivity contribution in [2.24, 2.45) is 0 Å². The fourth-order valence-corrected chi connectivity index (χ4v) is 2.21. The highest BCUT2D eigenvalue weighted by atomic mass is 19.4. The van der Waals surface area contributed by atoms with E-state index in [-0.39, 0.29) is 6.54 Å². The van der Waals surface area contributed by atoms with Gasteiger partial charge in [-0.2, -0.15) is 18.3 Å². The molecule has 20 heavy (non-hydrogen) atoms. The van der Waals surface area contributed by atoms with E-state index in [9.17, 15) is 13.2 Å². The molecule has 0 saturated heterocycles. The van der Waals surface area contributed by atoms with Crippen molar-refractivity contribution in [1.29, 1.82) is 0 Å². The van der Waals surface area contributed by atoms with Crippen molar-refractivity contribution < 1.29 is 13.2 Å². The molecule has 1 aliphatic heterocycles. The van der Waals surface area contributed by atoms with E-state index in [0.29, 0.717) is 11.6 Å². The van der Waals surface area contributed by atoms with E-state index in [1.807, 2.05) is 4.57 Å². The van der Waals surface area contributed by atoms with Crippen molar-refractivity contribution >= 4 is 5.95 Å². The topological polar surface area (TPSA) is 71.4 Å². The molecule has 0 atom stereocenters. The Labute approximate surface area is 112 Å². The van der Waals surface area contributed by atoms with Gasteiger partial charge >= 0.3 is 6.18 Å². The van der Waals surface area contributed by atoms with Crippen molar-refractivity contribution in [1.82, 2.24) is 25.0 Å². The van der Waals surface area contributed by atoms with Gasteiger partial charge < -0.3 is 5.32 Å². The molecule has 0 fully saturated rings. The Balaban J connectivity index is 1.68. The maximum Gasteiger partial charge on any atom is 0.435 e. The summed E-state index contributed by atoms with van der Waals surface area (Å²) in [5, 5.41) is 16.7. The number of halogens is 3. The molecule has 0 spiro atoms. The maximum absolute atomic E-state index is 12.4. The lowest BCUT2D eigenvalue weighted by molar-refractivity contribution is -0.141. The lowest BCUT2D eigenvalue weighted by Crippen LogP contribution is -2.14. The van der Waals surface area contributed by atoms with Gasteiger partial charge in [0.2, 0.25) is 5.95 Å². The SMILES string of the molecule is FC(F)(F)c1cc(CNc2nnc3n2CCCC3)[nH]n1. The van der Waals surface area contributed by atoms with Gasteiger partial charge in [0.05, 0.1) is 12.2 Å². The molecule has 9 heteroatoms. The zero-order valence-electron chi connectivity index (χ0n) is 10.5. The van der Waals surface area contributed by atoms with Crippen LogP contribution in [0, 0.1) is 0 Å². The average molecular weight is 286 g/mol. The molecule has 0 radical (unpaired) electrons. The molecule has 0 amide bonds. The molecule has 0 bridgehead atoms. The second-order valence-electron chi connectivity index (χ2n) is 4.68. The average Bonchev–Trinajstić information content (AvgIpc) is 3.02. The third kappa shape index (κ3) is 2.47. The molecule has 1 aliphatic rings. The van der Waals surface area contributed by atoms with Gasteiger partial charge in [-0.3, -0.25) is 9.67 Å². The van der Waals surface area contributed by atoms with Crippen molar-refractivity contribution in [3.63, 3.8) is 0 Å². The predicted octanol–water partition coefficient (Wildman–Crippen LogP) is 1.97. The summed E-state index contributed by atoms with van der Waals surface area (Å²) < 4.78 is 39.2. The molecule has 0 saturated carbocycles. The van der Waals surface area contributed by atoms with Crippen LogP contribution in [-0.4, -0.2) is 25.0 Å². The van der Waals surface area contributed by atoms with Crippen LogP contribution in [0.15, 0.2) is 6.07 Å². The fourth-order valence-electron chi connectivity index (χ4n) is 2.21. The Morgan fingerprint density at radius 3 is 2.90 bits per heavy atom. The number of nitrogens with zero attached hydrogens (tertiary/aromatic N) is 4. The van der Waals surface area contributed by atoms with Gasteiger partial charge in [-0.25, -0.2) is 0 Å². The number of nitrogens with one attached hydrogen (secondary N) is 2. The van der Waals surface area contributed by atoms with Crippen molar-refractivity contribution in [3.8, 4) is 0 Å². The third-order valence-electron chi connectivity index (χ3n) is 3.22. The van der Waals surface area contributed by atoms with Crippen LogP contribution in [0.25, 0.3) is 0 Å². The van der Waals surface area contributed by atoms with E-state index < -0.39 is 11.9 Å². The first-order valence-corrected chi connectivity index (χ1v) is 6.31. The Kier molecular flexibility index (Phi) is 3.11. The van der Waals surface area contributed by atoms with Crippen LogP contribution in [0.1, 0.15) is 30.1 Å². The van der Waals surface area contributed by atoms with Crippen molar-refractivity contribution in [2.75, 3.05) is 5.32 Å². The zero-order chi connectivity index (χ0) is 14.2. The van der Waals surface area contributed by atoms with Crippen LogP contribution in [0.2, 0.25) is 0 Å². The number of fused-ring (bicyclic) bond motifs is 1. The molecule has 3 rings (SSSR count). The van der Waals surface area contributed by atoms with E-state index >= 15 is 0 Å². The summed E-state index contributed by atoms with van der Waals surface area (Å²) in [4.78, 5) is 0. The number of H-pyrrole nitrogens is 1. The van der Waals surface area contributed by atoms with Crippen LogP contribution in [-0.2, 0) is 25.7 Å². The molecule has 2 aromatic rings. The molecule has 0 unspecified atom stereocenters. The van der Waals surface area contributed by atoms with Crippen LogP contribution >= 0.6 is 0 Å². The number of hydrogen-bond donors (Lipinski definition) is 2. The number of anilines is 1. The summed E-state index contributed by atoms with van der Waals surface area (Å²) in [6.45, 7) is 1.03. The van der Waals surface area contributed by atoms with Crippen LogP contribution in [0.4, 0.5) is 19.1 Å². The lowest BCUT2D eigenvalue weighted by Gasteiger charge is -2.14. The second kappa shape index (κ2) is 4.80. The number of alkyl halides is 3. The number of hydrogen-bond acceptors (Lipinski definition) is 4. The Hall–Kier alpha value is -2.06. The monoisotopic (exact) mass is 286 g/mol. The van der Waals surface area contributed by atoms with Gasteiger partial charge in [-0.1, -0.05) is 0 Å². The molecule has 0 aromatic carbocycles. The van der Waals surface area contributed by atoms with Gasteiger partial charge in [0.15, 0.2) is 5.69 Å². The second-order valence-corrected chi connectivity index (χ2v) is 4.68. The minimum atomic E-state index is -4.43. The molecule has 6 nitrogen and oxygen atoms in total. The van der Waals surface area contributed by atoms with Gasteiger partial charge in [0.1, 0.15) is 5.82 Å². The summed E-state index contributed by atoms with van der Waals surface area (Å²) in [6, 6.07) is 0.987. The molecule has 3 heterocycles.